The maximum atomic E-state index is 14.0. The van der Waals surface area contributed by atoms with Gasteiger partial charge < -0.3 is 5.32 Å². The van der Waals surface area contributed by atoms with E-state index in [0.717, 1.165) is 12.1 Å². The predicted octanol–water partition coefficient (Wildman–Crippen LogP) is 4.14. The van der Waals surface area contributed by atoms with Crippen molar-refractivity contribution in [2.24, 2.45) is 0 Å². The summed E-state index contributed by atoms with van der Waals surface area (Å²) < 4.78 is 14.0. The average Bonchev–Trinajstić information content (AvgIpc) is 2.36. The zero-order valence-corrected chi connectivity index (χ0v) is 11.7. The SMILES string of the molecule is CCNC(c1cc(C)cc(C)c1)c1ccccc1F. The molecule has 1 atom stereocenters. The summed E-state index contributed by atoms with van der Waals surface area (Å²) in [5.74, 6) is -0.160. The maximum absolute atomic E-state index is 14.0. The number of hydrogen-bond acceptors (Lipinski definition) is 1. The van der Waals surface area contributed by atoms with Gasteiger partial charge in [0.1, 0.15) is 5.82 Å². The van der Waals surface area contributed by atoms with Gasteiger partial charge in [0.05, 0.1) is 6.04 Å². The van der Waals surface area contributed by atoms with Crippen LogP contribution in [0.5, 0.6) is 0 Å². The van der Waals surface area contributed by atoms with E-state index in [1.165, 1.54) is 17.2 Å². The highest BCUT2D eigenvalue weighted by Gasteiger charge is 2.16. The molecule has 0 aromatic heterocycles. The Bertz CT molecular complexity index is 543. The maximum Gasteiger partial charge on any atom is 0.128 e. The summed E-state index contributed by atoms with van der Waals surface area (Å²) in [4.78, 5) is 0. The molecule has 0 spiro atoms. The van der Waals surface area contributed by atoms with Gasteiger partial charge >= 0.3 is 0 Å². The zero-order chi connectivity index (χ0) is 13.8. The van der Waals surface area contributed by atoms with Crippen LogP contribution < -0.4 is 5.32 Å². The Morgan fingerprint density at radius 2 is 1.68 bits per heavy atom. The third kappa shape index (κ3) is 3.21. The van der Waals surface area contributed by atoms with Crippen molar-refractivity contribution in [1.82, 2.24) is 5.32 Å². The first-order valence-electron chi connectivity index (χ1n) is 6.68. The lowest BCUT2D eigenvalue weighted by atomic mass is 9.95. The minimum Gasteiger partial charge on any atom is -0.306 e. The second-order valence-corrected chi connectivity index (χ2v) is 4.93. The Balaban J connectivity index is 2.48. The molecule has 0 saturated heterocycles. The minimum atomic E-state index is -0.160. The van der Waals surface area contributed by atoms with Crippen LogP contribution in [0.3, 0.4) is 0 Å². The van der Waals surface area contributed by atoms with Gasteiger partial charge in [-0.05, 0) is 32.0 Å². The molecule has 2 heteroatoms. The van der Waals surface area contributed by atoms with Crippen molar-refractivity contribution in [2.45, 2.75) is 26.8 Å². The largest absolute Gasteiger partial charge is 0.306 e. The fraction of sp³-hybridized carbons (Fsp3) is 0.294. The third-order valence-corrected chi connectivity index (χ3v) is 3.20. The molecule has 19 heavy (non-hydrogen) atoms. The van der Waals surface area contributed by atoms with E-state index in [4.69, 9.17) is 0 Å². The summed E-state index contributed by atoms with van der Waals surface area (Å²) in [5.41, 5.74) is 4.22. The van der Waals surface area contributed by atoms with Crippen molar-refractivity contribution in [1.29, 1.82) is 0 Å². The van der Waals surface area contributed by atoms with E-state index < -0.39 is 0 Å². The minimum absolute atomic E-state index is 0.0928. The highest BCUT2D eigenvalue weighted by atomic mass is 19.1. The number of aryl methyl sites for hydroxylation is 2. The first-order chi connectivity index (χ1) is 9.11. The molecule has 0 aliphatic carbocycles. The summed E-state index contributed by atoms with van der Waals surface area (Å²) in [6.07, 6.45) is 0. The summed E-state index contributed by atoms with van der Waals surface area (Å²) in [6.45, 7) is 6.98. The van der Waals surface area contributed by atoms with Gasteiger partial charge in [-0.25, -0.2) is 4.39 Å². The normalized spacial score (nSPS) is 12.4. The van der Waals surface area contributed by atoms with E-state index in [-0.39, 0.29) is 11.9 Å². The van der Waals surface area contributed by atoms with Crippen molar-refractivity contribution in [3.8, 4) is 0 Å². The molecule has 100 valence electrons. The van der Waals surface area contributed by atoms with Gasteiger partial charge in [-0.1, -0.05) is 54.4 Å². The van der Waals surface area contributed by atoms with Gasteiger partial charge in [-0.15, -0.1) is 0 Å². The Hall–Kier alpha value is -1.67. The summed E-state index contributed by atoms with van der Waals surface area (Å²) in [7, 11) is 0. The van der Waals surface area contributed by atoms with E-state index in [1.54, 1.807) is 6.07 Å². The molecule has 1 N–H and O–H groups in total. The van der Waals surface area contributed by atoms with Crippen LogP contribution in [-0.4, -0.2) is 6.54 Å². The van der Waals surface area contributed by atoms with Crippen LogP contribution in [-0.2, 0) is 0 Å². The van der Waals surface area contributed by atoms with Crippen LogP contribution in [0.25, 0.3) is 0 Å². The van der Waals surface area contributed by atoms with Crippen molar-refractivity contribution < 1.29 is 4.39 Å². The molecule has 0 radical (unpaired) electrons. The number of rotatable bonds is 4. The van der Waals surface area contributed by atoms with Crippen LogP contribution in [0.15, 0.2) is 42.5 Å². The fourth-order valence-corrected chi connectivity index (χ4v) is 2.50. The van der Waals surface area contributed by atoms with Gasteiger partial charge in [0, 0.05) is 5.56 Å². The second kappa shape index (κ2) is 5.98. The van der Waals surface area contributed by atoms with Gasteiger partial charge in [-0.2, -0.15) is 0 Å². The molecule has 1 nitrogen and oxygen atoms in total. The van der Waals surface area contributed by atoms with Crippen LogP contribution in [0.1, 0.15) is 35.2 Å². The summed E-state index contributed by atoms with van der Waals surface area (Å²) >= 11 is 0. The molecule has 0 fully saturated rings. The predicted molar refractivity (Wildman–Crippen MR) is 77.8 cm³/mol. The molecule has 0 aliphatic heterocycles. The van der Waals surface area contributed by atoms with Crippen molar-refractivity contribution in [3.05, 3.63) is 70.5 Å². The van der Waals surface area contributed by atoms with E-state index >= 15 is 0 Å². The fourth-order valence-electron chi connectivity index (χ4n) is 2.50. The van der Waals surface area contributed by atoms with E-state index in [0.29, 0.717) is 5.56 Å². The van der Waals surface area contributed by atoms with Crippen molar-refractivity contribution in [2.75, 3.05) is 6.54 Å². The Kier molecular flexibility index (Phi) is 4.33. The standard InChI is InChI=1S/C17H20FN/c1-4-19-17(15-7-5-6-8-16(15)18)14-10-12(2)9-13(3)11-14/h5-11,17,19H,4H2,1-3H3. The van der Waals surface area contributed by atoms with E-state index in [2.05, 4.69) is 37.4 Å². The molecule has 0 aliphatic rings. The monoisotopic (exact) mass is 257 g/mol. The second-order valence-electron chi connectivity index (χ2n) is 4.93. The molecule has 2 rings (SSSR count). The van der Waals surface area contributed by atoms with Gasteiger partial charge in [0.2, 0.25) is 0 Å². The van der Waals surface area contributed by atoms with E-state index in [9.17, 15) is 4.39 Å². The highest BCUT2D eigenvalue weighted by Crippen LogP contribution is 2.26. The van der Waals surface area contributed by atoms with Gasteiger partial charge in [0.25, 0.3) is 0 Å². The molecule has 0 saturated carbocycles. The average molecular weight is 257 g/mol. The van der Waals surface area contributed by atoms with Crippen molar-refractivity contribution in [3.63, 3.8) is 0 Å². The van der Waals surface area contributed by atoms with E-state index in [1.807, 2.05) is 19.1 Å². The number of halogens is 1. The Labute approximate surface area is 114 Å². The topological polar surface area (TPSA) is 12.0 Å². The van der Waals surface area contributed by atoms with Gasteiger partial charge in [-0.3, -0.25) is 0 Å². The van der Waals surface area contributed by atoms with Crippen molar-refractivity contribution >= 4 is 0 Å². The molecule has 2 aromatic carbocycles. The van der Waals surface area contributed by atoms with Crippen LogP contribution >= 0.6 is 0 Å². The highest BCUT2D eigenvalue weighted by molar-refractivity contribution is 5.37. The molecule has 2 aromatic rings. The summed E-state index contributed by atoms with van der Waals surface area (Å²) in [6, 6.07) is 13.2. The number of hydrogen-bond donors (Lipinski definition) is 1. The first-order valence-corrected chi connectivity index (χ1v) is 6.68. The third-order valence-electron chi connectivity index (χ3n) is 3.20. The molecular weight excluding hydrogens is 237 g/mol. The Morgan fingerprint density at radius 1 is 1.05 bits per heavy atom. The lowest BCUT2D eigenvalue weighted by molar-refractivity contribution is 0.559. The molecule has 0 heterocycles. The first kappa shape index (κ1) is 13.8. The molecular formula is C17H20FN. The zero-order valence-electron chi connectivity index (χ0n) is 11.7. The number of benzene rings is 2. The van der Waals surface area contributed by atoms with Gasteiger partial charge in [0.15, 0.2) is 0 Å². The Morgan fingerprint density at radius 3 is 2.26 bits per heavy atom. The smallest absolute Gasteiger partial charge is 0.128 e. The quantitative estimate of drug-likeness (QED) is 0.868. The van der Waals surface area contributed by atoms with Crippen LogP contribution in [0.4, 0.5) is 4.39 Å². The van der Waals surface area contributed by atoms with Crippen LogP contribution in [0.2, 0.25) is 0 Å². The molecule has 0 bridgehead atoms. The van der Waals surface area contributed by atoms with Crippen LogP contribution in [0, 0.1) is 19.7 Å². The lowest BCUT2D eigenvalue weighted by Crippen LogP contribution is -2.23. The number of nitrogens with one attached hydrogen (secondary N) is 1. The summed E-state index contributed by atoms with van der Waals surface area (Å²) in [5, 5.41) is 3.37. The molecule has 0 amide bonds. The molecule has 1 unspecified atom stereocenters. The lowest BCUT2D eigenvalue weighted by Gasteiger charge is -2.20.